The van der Waals surface area contributed by atoms with Gasteiger partial charge in [-0.1, -0.05) is 0 Å². The molecule has 2 heterocycles. The van der Waals surface area contributed by atoms with E-state index in [2.05, 4.69) is 56.2 Å². The van der Waals surface area contributed by atoms with E-state index in [1.165, 1.54) is 10.4 Å². The fourth-order valence-electron chi connectivity index (χ4n) is 2.27. The molecule has 0 bridgehead atoms. The first-order chi connectivity index (χ1) is 9.01. The van der Waals surface area contributed by atoms with Gasteiger partial charge in [-0.2, -0.15) is 5.10 Å². The summed E-state index contributed by atoms with van der Waals surface area (Å²) in [5, 5.41) is 9.08. The van der Waals surface area contributed by atoms with Gasteiger partial charge in [-0.15, -0.1) is 11.3 Å². The van der Waals surface area contributed by atoms with Gasteiger partial charge in [0.25, 0.3) is 0 Å². The Labute approximate surface area is 118 Å². The van der Waals surface area contributed by atoms with E-state index < -0.39 is 0 Å². The van der Waals surface area contributed by atoms with E-state index >= 15 is 0 Å². The Balaban J connectivity index is 2.06. The molecule has 0 aliphatic carbocycles. The minimum absolute atomic E-state index is 0.289. The number of nitrogens with zero attached hydrogens (tertiary/aromatic N) is 3. The van der Waals surface area contributed by atoms with Crippen LogP contribution in [0.15, 0.2) is 12.4 Å². The molecule has 1 N–H and O–H groups in total. The van der Waals surface area contributed by atoms with Crippen LogP contribution in [0.4, 0.5) is 0 Å². The van der Waals surface area contributed by atoms with Crippen LogP contribution in [-0.2, 0) is 6.54 Å². The van der Waals surface area contributed by atoms with Crippen molar-refractivity contribution in [2.75, 3.05) is 0 Å². The van der Waals surface area contributed by atoms with E-state index in [9.17, 15) is 0 Å². The van der Waals surface area contributed by atoms with Gasteiger partial charge in [0.2, 0.25) is 0 Å². The number of rotatable bonds is 5. The summed E-state index contributed by atoms with van der Waals surface area (Å²) in [6.45, 7) is 11.5. The van der Waals surface area contributed by atoms with Gasteiger partial charge in [0.05, 0.1) is 16.9 Å². The minimum Gasteiger partial charge on any atom is -0.303 e. The minimum atomic E-state index is 0.289. The Morgan fingerprint density at radius 1 is 1.32 bits per heavy atom. The molecule has 0 saturated heterocycles. The normalized spacial score (nSPS) is 14.6. The average molecular weight is 278 g/mol. The Kier molecular flexibility index (Phi) is 4.37. The zero-order valence-corrected chi connectivity index (χ0v) is 13.1. The van der Waals surface area contributed by atoms with E-state index in [0.717, 1.165) is 17.2 Å². The number of aromatic nitrogens is 3. The van der Waals surface area contributed by atoms with Crippen molar-refractivity contribution in [1.82, 2.24) is 20.1 Å². The molecule has 0 aliphatic rings. The fraction of sp³-hybridized carbons (Fsp3) is 0.571. The highest BCUT2D eigenvalue weighted by Crippen LogP contribution is 2.26. The number of aryl methyl sites for hydroxylation is 3. The monoisotopic (exact) mass is 278 g/mol. The maximum atomic E-state index is 4.49. The zero-order valence-electron chi connectivity index (χ0n) is 12.3. The standard InChI is InChI=1S/C14H22N4S/c1-6-18-8-13(7-15-18)9(2)16-10(3)14-11(4)17-12(5)19-14/h7-10,16H,6H2,1-5H3. The summed E-state index contributed by atoms with van der Waals surface area (Å²) < 4.78 is 1.96. The van der Waals surface area contributed by atoms with Gasteiger partial charge < -0.3 is 5.32 Å². The van der Waals surface area contributed by atoms with E-state index in [-0.39, 0.29) is 6.04 Å². The molecule has 4 nitrogen and oxygen atoms in total. The highest BCUT2D eigenvalue weighted by atomic mass is 32.1. The molecular formula is C14H22N4S. The van der Waals surface area contributed by atoms with Gasteiger partial charge in [0.15, 0.2) is 0 Å². The molecule has 2 atom stereocenters. The summed E-state index contributed by atoms with van der Waals surface area (Å²) in [6, 6.07) is 0.600. The summed E-state index contributed by atoms with van der Waals surface area (Å²) in [6.07, 6.45) is 4.05. The number of nitrogens with one attached hydrogen (secondary N) is 1. The van der Waals surface area contributed by atoms with Crippen molar-refractivity contribution >= 4 is 11.3 Å². The molecule has 0 saturated carbocycles. The summed E-state index contributed by atoms with van der Waals surface area (Å²) in [5.41, 5.74) is 2.37. The Morgan fingerprint density at radius 2 is 2.05 bits per heavy atom. The first kappa shape index (κ1) is 14.2. The van der Waals surface area contributed by atoms with Crippen molar-refractivity contribution in [1.29, 1.82) is 0 Å². The molecule has 0 amide bonds. The lowest BCUT2D eigenvalue weighted by molar-refractivity contribution is 0.497. The second-order valence-corrected chi connectivity index (χ2v) is 6.16. The van der Waals surface area contributed by atoms with Gasteiger partial charge in [-0.3, -0.25) is 4.68 Å². The summed E-state index contributed by atoms with van der Waals surface area (Å²) in [5.74, 6) is 0. The zero-order chi connectivity index (χ0) is 14.0. The topological polar surface area (TPSA) is 42.7 Å². The van der Waals surface area contributed by atoms with Crippen LogP contribution in [0.1, 0.15) is 54.0 Å². The first-order valence-electron chi connectivity index (χ1n) is 6.73. The Bertz CT molecular complexity index is 543. The number of thiazole rings is 1. The number of hydrogen-bond donors (Lipinski definition) is 1. The van der Waals surface area contributed by atoms with Crippen molar-refractivity contribution in [3.05, 3.63) is 33.5 Å². The number of hydrogen-bond acceptors (Lipinski definition) is 4. The molecule has 0 fully saturated rings. The van der Waals surface area contributed by atoms with Crippen molar-refractivity contribution < 1.29 is 0 Å². The van der Waals surface area contributed by atoms with Crippen LogP contribution in [0.5, 0.6) is 0 Å². The molecule has 2 unspecified atom stereocenters. The SMILES string of the molecule is CCn1cc(C(C)NC(C)c2sc(C)nc2C)cn1. The molecule has 19 heavy (non-hydrogen) atoms. The quantitative estimate of drug-likeness (QED) is 0.911. The van der Waals surface area contributed by atoms with Gasteiger partial charge >= 0.3 is 0 Å². The highest BCUT2D eigenvalue weighted by molar-refractivity contribution is 7.11. The summed E-state index contributed by atoms with van der Waals surface area (Å²) in [4.78, 5) is 5.82. The van der Waals surface area contributed by atoms with Gasteiger partial charge in [-0.05, 0) is 34.6 Å². The van der Waals surface area contributed by atoms with Gasteiger partial charge in [0, 0.05) is 35.3 Å². The average Bonchev–Trinajstić information content (AvgIpc) is 2.95. The summed E-state index contributed by atoms with van der Waals surface area (Å²) in [7, 11) is 0. The molecule has 0 radical (unpaired) electrons. The van der Waals surface area contributed by atoms with Crippen LogP contribution in [0.25, 0.3) is 0 Å². The summed E-state index contributed by atoms with van der Waals surface area (Å²) >= 11 is 1.77. The lowest BCUT2D eigenvalue weighted by Gasteiger charge is -2.18. The smallest absolute Gasteiger partial charge is 0.0900 e. The van der Waals surface area contributed by atoms with E-state index in [4.69, 9.17) is 0 Å². The third-order valence-electron chi connectivity index (χ3n) is 3.31. The first-order valence-corrected chi connectivity index (χ1v) is 7.55. The van der Waals surface area contributed by atoms with E-state index in [1.807, 2.05) is 10.9 Å². The van der Waals surface area contributed by atoms with Crippen LogP contribution in [0.3, 0.4) is 0 Å². The molecule has 5 heteroatoms. The van der Waals surface area contributed by atoms with E-state index in [1.54, 1.807) is 11.3 Å². The lowest BCUT2D eigenvalue weighted by atomic mass is 10.1. The molecule has 2 aromatic heterocycles. The molecule has 2 aromatic rings. The highest BCUT2D eigenvalue weighted by Gasteiger charge is 2.16. The predicted molar refractivity (Wildman–Crippen MR) is 79.5 cm³/mol. The van der Waals surface area contributed by atoms with Gasteiger partial charge in [0.1, 0.15) is 0 Å². The van der Waals surface area contributed by atoms with Crippen molar-refractivity contribution in [2.24, 2.45) is 0 Å². The second-order valence-electron chi connectivity index (χ2n) is 4.92. The Morgan fingerprint density at radius 3 is 2.58 bits per heavy atom. The predicted octanol–water partition coefficient (Wildman–Crippen LogP) is 3.39. The molecule has 0 aromatic carbocycles. The molecule has 0 spiro atoms. The van der Waals surface area contributed by atoms with Crippen molar-refractivity contribution in [3.63, 3.8) is 0 Å². The molecule has 0 aliphatic heterocycles. The third kappa shape index (κ3) is 3.22. The fourth-order valence-corrected chi connectivity index (χ4v) is 3.21. The van der Waals surface area contributed by atoms with Crippen LogP contribution in [0, 0.1) is 13.8 Å². The molecular weight excluding hydrogens is 256 g/mol. The molecule has 2 rings (SSSR count). The van der Waals surface area contributed by atoms with Crippen LogP contribution < -0.4 is 5.32 Å². The van der Waals surface area contributed by atoms with Crippen LogP contribution in [0.2, 0.25) is 0 Å². The van der Waals surface area contributed by atoms with Crippen LogP contribution in [-0.4, -0.2) is 14.8 Å². The lowest BCUT2D eigenvalue weighted by Crippen LogP contribution is -2.22. The van der Waals surface area contributed by atoms with E-state index in [0.29, 0.717) is 6.04 Å². The largest absolute Gasteiger partial charge is 0.303 e. The van der Waals surface area contributed by atoms with Gasteiger partial charge in [-0.25, -0.2) is 4.98 Å². The maximum absolute atomic E-state index is 4.49. The van der Waals surface area contributed by atoms with Crippen LogP contribution >= 0.6 is 11.3 Å². The van der Waals surface area contributed by atoms with Crippen molar-refractivity contribution in [3.8, 4) is 0 Å². The van der Waals surface area contributed by atoms with Crippen molar-refractivity contribution in [2.45, 2.75) is 53.2 Å². The molecule has 104 valence electrons. The maximum Gasteiger partial charge on any atom is 0.0900 e. The third-order valence-corrected chi connectivity index (χ3v) is 4.57. The Hall–Kier alpha value is -1.20. The second kappa shape index (κ2) is 5.84.